The van der Waals surface area contributed by atoms with Gasteiger partial charge in [-0.05, 0) is 36.4 Å². The van der Waals surface area contributed by atoms with Gasteiger partial charge in [0.1, 0.15) is 11.6 Å². The molecule has 0 saturated heterocycles. The summed E-state index contributed by atoms with van der Waals surface area (Å²) in [6, 6.07) is 10.5. The van der Waals surface area contributed by atoms with Crippen LogP contribution in [0.25, 0.3) is 0 Å². The monoisotopic (exact) mass is 340 g/mol. The van der Waals surface area contributed by atoms with E-state index in [4.69, 9.17) is 16.3 Å². The maximum absolute atomic E-state index is 11.6. The predicted octanol–water partition coefficient (Wildman–Crippen LogP) is 3.52. The van der Waals surface area contributed by atoms with Crippen LogP contribution in [0, 0.1) is 0 Å². The SMILES string of the molecule is O=C(COc1ccc(Br)cc1)Nc1ccc(Cl)cn1. The average Bonchev–Trinajstić information content (AvgIpc) is 2.41. The van der Waals surface area contributed by atoms with Gasteiger partial charge in [-0.3, -0.25) is 4.79 Å². The quantitative estimate of drug-likeness (QED) is 0.926. The zero-order valence-corrected chi connectivity index (χ0v) is 12.1. The Labute approximate surface area is 123 Å². The standard InChI is InChI=1S/C13H10BrClN2O2/c14-9-1-4-11(5-2-9)19-8-13(18)17-12-6-3-10(15)7-16-12/h1-7H,8H2,(H,16,17,18). The summed E-state index contributed by atoms with van der Waals surface area (Å²) in [5.74, 6) is 0.786. The Morgan fingerprint density at radius 3 is 2.63 bits per heavy atom. The number of carbonyl (C=O) groups excluding carboxylic acids is 1. The summed E-state index contributed by atoms with van der Waals surface area (Å²) in [5.41, 5.74) is 0. The summed E-state index contributed by atoms with van der Waals surface area (Å²) in [4.78, 5) is 15.6. The average molecular weight is 342 g/mol. The Balaban J connectivity index is 1.84. The number of hydrogen-bond donors (Lipinski definition) is 1. The lowest BCUT2D eigenvalue weighted by Crippen LogP contribution is -2.20. The fourth-order valence-corrected chi connectivity index (χ4v) is 1.68. The highest BCUT2D eigenvalue weighted by atomic mass is 79.9. The number of halogens is 2. The van der Waals surface area contributed by atoms with Gasteiger partial charge in [0.05, 0.1) is 5.02 Å². The first-order valence-electron chi connectivity index (χ1n) is 5.43. The highest BCUT2D eigenvalue weighted by molar-refractivity contribution is 9.10. The van der Waals surface area contributed by atoms with Gasteiger partial charge in [-0.1, -0.05) is 27.5 Å². The first-order chi connectivity index (χ1) is 9.13. The molecule has 1 aromatic heterocycles. The fraction of sp³-hybridized carbons (Fsp3) is 0.0769. The lowest BCUT2D eigenvalue weighted by atomic mass is 10.3. The van der Waals surface area contributed by atoms with Crippen molar-refractivity contribution in [1.82, 2.24) is 4.98 Å². The highest BCUT2D eigenvalue weighted by Gasteiger charge is 2.04. The summed E-state index contributed by atoms with van der Waals surface area (Å²) in [6.07, 6.45) is 1.47. The van der Waals surface area contributed by atoms with Gasteiger partial charge in [0.2, 0.25) is 0 Å². The van der Waals surface area contributed by atoms with Crippen LogP contribution in [0.2, 0.25) is 5.02 Å². The number of nitrogens with one attached hydrogen (secondary N) is 1. The molecule has 0 aliphatic carbocycles. The highest BCUT2D eigenvalue weighted by Crippen LogP contribution is 2.16. The normalized spacial score (nSPS) is 10.0. The van der Waals surface area contributed by atoms with Gasteiger partial charge in [0, 0.05) is 10.7 Å². The number of anilines is 1. The van der Waals surface area contributed by atoms with Crippen LogP contribution >= 0.6 is 27.5 Å². The zero-order valence-electron chi connectivity index (χ0n) is 9.77. The molecular weight excluding hydrogens is 332 g/mol. The molecule has 6 heteroatoms. The number of benzene rings is 1. The molecule has 0 atom stereocenters. The van der Waals surface area contributed by atoms with E-state index in [0.717, 1.165) is 4.47 Å². The van der Waals surface area contributed by atoms with Gasteiger partial charge in [-0.25, -0.2) is 4.98 Å². The summed E-state index contributed by atoms with van der Waals surface area (Å²) in [6.45, 7) is -0.0774. The van der Waals surface area contributed by atoms with Crippen LogP contribution in [0.5, 0.6) is 5.75 Å². The maximum Gasteiger partial charge on any atom is 0.263 e. The molecule has 19 heavy (non-hydrogen) atoms. The number of nitrogens with zero attached hydrogens (tertiary/aromatic N) is 1. The second kappa shape index (κ2) is 6.54. The number of rotatable bonds is 4. The van der Waals surface area contributed by atoms with Crippen molar-refractivity contribution >= 4 is 39.3 Å². The van der Waals surface area contributed by atoms with E-state index in [1.54, 1.807) is 24.3 Å². The summed E-state index contributed by atoms with van der Waals surface area (Å²) >= 11 is 9.02. The first-order valence-corrected chi connectivity index (χ1v) is 6.60. The molecule has 0 spiro atoms. The number of carbonyl (C=O) groups is 1. The summed E-state index contributed by atoms with van der Waals surface area (Å²) in [7, 11) is 0. The molecule has 0 fully saturated rings. The van der Waals surface area contributed by atoms with Crippen LogP contribution in [-0.4, -0.2) is 17.5 Å². The van der Waals surface area contributed by atoms with Gasteiger partial charge in [0.25, 0.3) is 5.91 Å². The molecule has 1 heterocycles. The predicted molar refractivity (Wildman–Crippen MR) is 77.5 cm³/mol. The second-order valence-electron chi connectivity index (χ2n) is 3.65. The smallest absolute Gasteiger partial charge is 0.263 e. The van der Waals surface area contributed by atoms with Crippen LogP contribution in [0.15, 0.2) is 47.1 Å². The number of pyridine rings is 1. The van der Waals surface area contributed by atoms with E-state index in [1.807, 2.05) is 12.1 Å². The number of amides is 1. The minimum atomic E-state index is -0.280. The van der Waals surface area contributed by atoms with Gasteiger partial charge < -0.3 is 10.1 Å². The van der Waals surface area contributed by atoms with Crippen molar-refractivity contribution in [3.8, 4) is 5.75 Å². The number of aromatic nitrogens is 1. The first kappa shape index (κ1) is 13.8. The van der Waals surface area contributed by atoms with E-state index in [9.17, 15) is 4.79 Å². The van der Waals surface area contributed by atoms with E-state index in [0.29, 0.717) is 16.6 Å². The molecule has 2 rings (SSSR count). The molecule has 0 aliphatic heterocycles. The lowest BCUT2D eigenvalue weighted by Gasteiger charge is -2.07. The minimum absolute atomic E-state index is 0.0774. The summed E-state index contributed by atoms with van der Waals surface area (Å²) < 4.78 is 6.29. The van der Waals surface area contributed by atoms with E-state index in [-0.39, 0.29) is 12.5 Å². The number of hydrogen-bond acceptors (Lipinski definition) is 3. The van der Waals surface area contributed by atoms with Crippen LogP contribution in [-0.2, 0) is 4.79 Å². The van der Waals surface area contributed by atoms with E-state index in [2.05, 4.69) is 26.2 Å². The van der Waals surface area contributed by atoms with Gasteiger partial charge in [-0.15, -0.1) is 0 Å². The zero-order chi connectivity index (χ0) is 13.7. The molecule has 98 valence electrons. The van der Waals surface area contributed by atoms with Crippen LogP contribution in [0.1, 0.15) is 0 Å². The van der Waals surface area contributed by atoms with Crippen LogP contribution in [0.3, 0.4) is 0 Å². The third kappa shape index (κ3) is 4.54. The Bertz CT molecular complexity index is 558. The molecular formula is C13H10BrClN2O2. The Kier molecular flexibility index (Phi) is 4.76. The molecule has 2 aromatic rings. The lowest BCUT2D eigenvalue weighted by molar-refractivity contribution is -0.118. The second-order valence-corrected chi connectivity index (χ2v) is 5.00. The van der Waals surface area contributed by atoms with Crippen molar-refractivity contribution in [2.75, 3.05) is 11.9 Å². The fourth-order valence-electron chi connectivity index (χ4n) is 1.31. The molecule has 4 nitrogen and oxygen atoms in total. The Hall–Kier alpha value is -1.59. The molecule has 0 unspecified atom stereocenters. The van der Waals surface area contributed by atoms with Crippen LogP contribution < -0.4 is 10.1 Å². The van der Waals surface area contributed by atoms with Crippen molar-refractivity contribution in [3.63, 3.8) is 0 Å². The van der Waals surface area contributed by atoms with Crippen molar-refractivity contribution < 1.29 is 9.53 Å². The van der Waals surface area contributed by atoms with Gasteiger partial charge in [-0.2, -0.15) is 0 Å². The third-order valence-electron chi connectivity index (χ3n) is 2.18. The topological polar surface area (TPSA) is 51.2 Å². The van der Waals surface area contributed by atoms with E-state index >= 15 is 0 Å². The molecule has 0 saturated carbocycles. The van der Waals surface area contributed by atoms with Crippen molar-refractivity contribution in [3.05, 3.63) is 52.1 Å². The molecule has 0 radical (unpaired) electrons. The molecule has 1 aromatic carbocycles. The summed E-state index contributed by atoms with van der Waals surface area (Å²) in [5, 5.41) is 3.13. The molecule has 1 N–H and O–H groups in total. The van der Waals surface area contributed by atoms with Crippen molar-refractivity contribution in [2.24, 2.45) is 0 Å². The third-order valence-corrected chi connectivity index (χ3v) is 2.93. The van der Waals surface area contributed by atoms with Crippen molar-refractivity contribution in [2.45, 2.75) is 0 Å². The van der Waals surface area contributed by atoms with E-state index < -0.39 is 0 Å². The number of ether oxygens (including phenoxy) is 1. The molecule has 0 aliphatic rings. The molecule has 0 bridgehead atoms. The van der Waals surface area contributed by atoms with Crippen molar-refractivity contribution in [1.29, 1.82) is 0 Å². The largest absolute Gasteiger partial charge is 0.484 e. The van der Waals surface area contributed by atoms with Gasteiger partial charge in [0.15, 0.2) is 6.61 Å². The maximum atomic E-state index is 11.6. The Morgan fingerprint density at radius 1 is 1.26 bits per heavy atom. The Morgan fingerprint density at radius 2 is 2.00 bits per heavy atom. The van der Waals surface area contributed by atoms with Crippen LogP contribution in [0.4, 0.5) is 5.82 Å². The molecule has 1 amide bonds. The minimum Gasteiger partial charge on any atom is -0.484 e. The van der Waals surface area contributed by atoms with E-state index in [1.165, 1.54) is 6.20 Å². The van der Waals surface area contributed by atoms with Gasteiger partial charge >= 0.3 is 0 Å².